The molecule has 2 heterocycles. The highest BCUT2D eigenvalue weighted by Crippen LogP contribution is 2.36. The van der Waals surface area contributed by atoms with Gasteiger partial charge >= 0.3 is 0 Å². The van der Waals surface area contributed by atoms with E-state index in [0.29, 0.717) is 28.3 Å². The van der Waals surface area contributed by atoms with Crippen molar-refractivity contribution in [3.8, 4) is 28.5 Å². The number of hydrogen-bond acceptors (Lipinski definition) is 5. The molecule has 3 aromatic rings. The Kier molecular flexibility index (Phi) is 2.94. The third-order valence-electron chi connectivity index (χ3n) is 3.82. The second-order valence-corrected chi connectivity index (χ2v) is 5.44. The summed E-state index contributed by atoms with van der Waals surface area (Å²) in [6.07, 6.45) is 0. The lowest BCUT2D eigenvalue weighted by molar-refractivity contribution is 0.174. The van der Waals surface area contributed by atoms with Gasteiger partial charge in [0.2, 0.25) is 12.2 Å². The Hall–Kier alpha value is -3.08. The van der Waals surface area contributed by atoms with Crippen LogP contribution in [0.15, 0.2) is 47.3 Å². The van der Waals surface area contributed by atoms with Gasteiger partial charge in [0.15, 0.2) is 17.2 Å². The standard InChI is InChI=1S/C18H13NO4/c1-10-2-5-15(20)18(21)12(6-10)13-4-3-11-7-16-17(23-9-22-16)8-14(11)19-13/h2-8H,9H2,1H3,(H,20,21). The van der Waals surface area contributed by atoms with E-state index in [0.717, 1.165) is 10.9 Å². The van der Waals surface area contributed by atoms with E-state index < -0.39 is 5.43 Å². The molecule has 0 atom stereocenters. The first-order chi connectivity index (χ1) is 11.1. The van der Waals surface area contributed by atoms with Crippen LogP contribution in [-0.4, -0.2) is 16.9 Å². The highest BCUT2D eigenvalue weighted by molar-refractivity contribution is 5.85. The molecule has 23 heavy (non-hydrogen) atoms. The Balaban J connectivity index is 1.96. The van der Waals surface area contributed by atoms with Gasteiger partial charge in [-0.05, 0) is 31.2 Å². The van der Waals surface area contributed by atoms with Crippen molar-refractivity contribution < 1.29 is 14.6 Å². The molecular formula is C18H13NO4. The summed E-state index contributed by atoms with van der Waals surface area (Å²) in [5.41, 5.74) is 2.09. The van der Waals surface area contributed by atoms with Gasteiger partial charge in [-0.2, -0.15) is 0 Å². The fourth-order valence-electron chi connectivity index (χ4n) is 2.62. The predicted octanol–water partition coefficient (Wildman–Crippen LogP) is 3.00. The molecule has 1 aromatic heterocycles. The summed E-state index contributed by atoms with van der Waals surface area (Å²) in [6, 6.07) is 12.1. The number of aromatic hydroxyl groups is 1. The zero-order valence-corrected chi connectivity index (χ0v) is 12.4. The molecule has 0 aliphatic carbocycles. The van der Waals surface area contributed by atoms with Gasteiger partial charge in [0, 0.05) is 17.0 Å². The second-order valence-electron chi connectivity index (χ2n) is 5.44. The van der Waals surface area contributed by atoms with E-state index >= 15 is 0 Å². The number of benzene rings is 1. The fourth-order valence-corrected chi connectivity index (χ4v) is 2.62. The van der Waals surface area contributed by atoms with Gasteiger partial charge in [0.25, 0.3) is 0 Å². The van der Waals surface area contributed by atoms with E-state index in [1.165, 1.54) is 6.07 Å². The Bertz CT molecular complexity index is 998. The number of fused-ring (bicyclic) bond motifs is 2. The average molecular weight is 307 g/mol. The summed E-state index contributed by atoms with van der Waals surface area (Å²) < 4.78 is 10.7. The highest BCUT2D eigenvalue weighted by Gasteiger charge is 2.16. The molecule has 5 nitrogen and oxygen atoms in total. The highest BCUT2D eigenvalue weighted by atomic mass is 16.7. The molecule has 5 heteroatoms. The zero-order chi connectivity index (χ0) is 16.0. The summed E-state index contributed by atoms with van der Waals surface area (Å²) in [7, 11) is 0. The first-order valence-corrected chi connectivity index (χ1v) is 7.16. The minimum Gasteiger partial charge on any atom is -0.504 e. The van der Waals surface area contributed by atoms with E-state index in [1.54, 1.807) is 24.3 Å². The van der Waals surface area contributed by atoms with Gasteiger partial charge in [-0.15, -0.1) is 0 Å². The van der Waals surface area contributed by atoms with E-state index in [2.05, 4.69) is 4.98 Å². The van der Waals surface area contributed by atoms with Crippen molar-refractivity contribution in [2.45, 2.75) is 6.92 Å². The van der Waals surface area contributed by atoms with Crippen LogP contribution in [0, 0.1) is 6.92 Å². The molecular weight excluding hydrogens is 294 g/mol. The molecule has 0 saturated carbocycles. The monoisotopic (exact) mass is 307 g/mol. The number of hydrogen-bond donors (Lipinski definition) is 1. The van der Waals surface area contributed by atoms with Crippen LogP contribution in [0.2, 0.25) is 0 Å². The largest absolute Gasteiger partial charge is 0.504 e. The number of rotatable bonds is 1. The van der Waals surface area contributed by atoms with Gasteiger partial charge in [0.05, 0.1) is 11.2 Å². The molecule has 114 valence electrons. The van der Waals surface area contributed by atoms with Gasteiger partial charge < -0.3 is 14.6 Å². The molecule has 0 fully saturated rings. The summed E-state index contributed by atoms with van der Waals surface area (Å²) in [5, 5.41) is 11.1. The van der Waals surface area contributed by atoms with Crippen molar-refractivity contribution in [3.63, 3.8) is 0 Å². The number of ether oxygens (including phenoxy) is 2. The molecule has 0 unspecified atom stereocenters. The topological polar surface area (TPSA) is 68.7 Å². The van der Waals surface area contributed by atoms with Crippen molar-refractivity contribution in [1.82, 2.24) is 4.98 Å². The molecule has 2 aromatic carbocycles. The van der Waals surface area contributed by atoms with Gasteiger partial charge in [-0.1, -0.05) is 17.7 Å². The minimum atomic E-state index is -0.430. The molecule has 0 amide bonds. The Morgan fingerprint density at radius 2 is 1.83 bits per heavy atom. The lowest BCUT2D eigenvalue weighted by atomic mass is 10.1. The molecule has 0 bridgehead atoms. The third-order valence-corrected chi connectivity index (χ3v) is 3.82. The quantitative estimate of drug-likeness (QED) is 0.748. The number of aromatic nitrogens is 1. The number of nitrogens with zero attached hydrogens (tertiary/aromatic N) is 1. The lowest BCUT2D eigenvalue weighted by Gasteiger charge is -2.05. The van der Waals surface area contributed by atoms with Gasteiger partial charge in [0.1, 0.15) is 0 Å². The van der Waals surface area contributed by atoms with Gasteiger partial charge in [-0.3, -0.25) is 4.79 Å². The molecule has 0 spiro atoms. The maximum Gasteiger partial charge on any atom is 0.231 e. The first-order valence-electron chi connectivity index (χ1n) is 7.16. The van der Waals surface area contributed by atoms with E-state index in [-0.39, 0.29) is 12.5 Å². The van der Waals surface area contributed by atoms with Crippen LogP contribution in [-0.2, 0) is 0 Å². The smallest absolute Gasteiger partial charge is 0.231 e. The molecule has 1 aliphatic heterocycles. The van der Waals surface area contributed by atoms with Crippen molar-refractivity contribution in [2.75, 3.05) is 6.79 Å². The normalized spacial score (nSPS) is 12.6. The van der Waals surface area contributed by atoms with Crippen LogP contribution in [0.4, 0.5) is 0 Å². The number of aryl methyl sites for hydroxylation is 1. The molecule has 1 aliphatic rings. The molecule has 0 saturated heterocycles. The summed E-state index contributed by atoms with van der Waals surface area (Å²) in [5.74, 6) is 1.04. The minimum absolute atomic E-state index is 0.201. The van der Waals surface area contributed by atoms with E-state index in [4.69, 9.17) is 9.47 Å². The van der Waals surface area contributed by atoms with Crippen molar-refractivity contribution in [1.29, 1.82) is 0 Å². The van der Waals surface area contributed by atoms with Crippen LogP contribution in [0.25, 0.3) is 22.2 Å². The van der Waals surface area contributed by atoms with Crippen molar-refractivity contribution in [3.05, 3.63) is 58.3 Å². The Labute approximate surface area is 131 Å². The fraction of sp³-hybridized carbons (Fsp3) is 0.111. The maximum atomic E-state index is 11.9. The summed E-state index contributed by atoms with van der Waals surface area (Å²) in [4.78, 5) is 16.4. The number of pyridine rings is 1. The van der Waals surface area contributed by atoms with Crippen LogP contribution in [0.5, 0.6) is 17.2 Å². The van der Waals surface area contributed by atoms with Crippen LogP contribution in [0.3, 0.4) is 0 Å². The van der Waals surface area contributed by atoms with Crippen molar-refractivity contribution >= 4 is 10.9 Å². The summed E-state index contributed by atoms with van der Waals surface area (Å²) >= 11 is 0. The predicted molar refractivity (Wildman–Crippen MR) is 86.0 cm³/mol. The van der Waals surface area contributed by atoms with Crippen LogP contribution < -0.4 is 14.9 Å². The van der Waals surface area contributed by atoms with Crippen molar-refractivity contribution in [2.24, 2.45) is 0 Å². The zero-order valence-electron chi connectivity index (χ0n) is 12.4. The molecule has 0 radical (unpaired) electrons. The first kappa shape index (κ1) is 13.6. The van der Waals surface area contributed by atoms with Gasteiger partial charge in [-0.25, -0.2) is 4.98 Å². The molecule has 1 N–H and O–H groups in total. The molecule has 4 rings (SSSR count). The third kappa shape index (κ3) is 2.26. The maximum absolute atomic E-state index is 11.9. The Morgan fingerprint density at radius 1 is 1.04 bits per heavy atom. The van der Waals surface area contributed by atoms with Crippen LogP contribution >= 0.6 is 0 Å². The van der Waals surface area contributed by atoms with E-state index in [1.807, 2.05) is 19.1 Å². The second kappa shape index (κ2) is 4.98. The average Bonchev–Trinajstić information content (AvgIpc) is 2.96. The van der Waals surface area contributed by atoms with Crippen LogP contribution in [0.1, 0.15) is 5.56 Å². The summed E-state index contributed by atoms with van der Waals surface area (Å²) in [6.45, 7) is 2.06. The SMILES string of the molecule is Cc1ccc(=O)c(O)c(-c2ccc3cc4c(cc3n2)OCO4)c1. The Morgan fingerprint density at radius 3 is 2.65 bits per heavy atom. The lowest BCUT2D eigenvalue weighted by Crippen LogP contribution is -1.95. The van der Waals surface area contributed by atoms with E-state index in [9.17, 15) is 9.90 Å².